The SMILES string of the molecule is COC(=O)c1c(Br)ccc(O)c1C=O. The van der Waals surface area contributed by atoms with Crippen molar-refractivity contribution in [2.24, 2.45) is 0 Å². The fourth-order valence-corrected chi connectivity index (χ4v) is 1.52. The number of carbonyl (C=O) groups excluding carboxylic acids is 2. The Morgan fingerprint density at radius 1 is 1.57 bits per heavy atom. The Morgan fingerprint density at radius 3 is 2.71 bits per heavy atom. The number of phenolic OH excluding ortho intramolecular Hbond substituents is 1. The highest BCUT2D eigenvalue weighted by molar-refractivity contribution is 9.10. The maximum atomic E-state index is 11.2. The number of aldehydes is 1. The molecule has 1 N–H and O–H groups in total. The molecule has 0 atom stereocenters. The predicted octanol–water partition coefficient (Wildman–Crippen LogP) is 1.75. The van der Waals surface area contributed by atoms with Crippen molar-refractivity contribution in [3.05, 3.63) is 27.7 Å². The Hall–Kier alpha value is -1.36. The minimum Gasteiger partial charge on any atom is -0.507 e. The zero-order valence-electron chi connectivity index (χ0n) is 7.28. The molecule has 1 aromatic rings. The summed E-state index contributed by atoms with van der Waals surface area (Å²) in [5.74, 6) is -0.918. The Bertz CT molecular complexity index is 387. The van der Waals surface area contributed by atoms with Crippen molar-refractivity contribution in [3.8, 4) is 5.75 Å². The molecule has 0 fully saturated rings. The summed E-state index contributed by atoms with van der Waals surface area (Å²) in [4.78, 5) is 21.9. The molecule has 0 bridgehead atoms. The summed E-state index contributed by atoms with van der Waals surface area (Å²) >= 11 is 3.09. The summed E-state index contributed by atoms with van der Waals surface area (Å²) in [6.07, 6.45) is 0.409. The second-order valence-corrected chi connectivity index (χ2v) is 3.32. The van der Waals surface area contributed by atoms with Crippen molar-refractivity contribution < 1.29 is 19.4 Å². The van der Waals surface area contributed by atoms with E-state index in [1.54, 1.807) is 0 Å². The third kappa shape index (κ3) is 1.77. The third-order valence-corrected chi connectivity index (χ3v) is 2.34. The number of rotatable bonds is 2. The number of ether oxygens (including phenoxy) is 1. The summed E-state index contributed by atoms with van der Waals surface area (Å²) in [7, 11) is 1.20. The number of phenols is 1. The number of methoxy groups -OCH3 is 1. The van der Waals surface area contributed by atoms with Gasteiger partial charge in [-0.15, -0.1) is 0 Å². The molecule has 0 aliphatic carbocycles. The first-order chi connectivity index (χ1) is 6.61. The van der Waals surface area contributed by atoms with Gasteiger partial charge in [-0.3, -0.25) is 4.79 Å². The van der Waals surface area contributed by atoms with Crippen LogP contribution in [0.5, 0.6) is 5.75 Å². The fraction of sp³-hybridized carbons (Fsp3) is 0.111. The summed E-state index contributed by atoms with van der Waals surface area (Å²) in [5, 5.41) is 9.30. The molecule has 0 heterocycles. The van der Waals surface area contributed by atoms with E-state index in [1.165, 1.54) is 19.2 Å². The van der Waals surface area contributed by atoms with Crippen molar-refractivity contribution >= 4 is 28.2 Å². The maximum absolute atomic E-state index is 11.2. The second kappa shape index (κ2) is 4.23. The largest absolute Gasteiger partial charge is 0.507 e. The molecular formula is C9H7BrO4. The highest BCUT2D eigenvalue weighted by atomic mass is 79.9. The lowest BCUT2D eigenvalue weighted by atomic mass is 10.1. The lowest BCUT2D eigenvalue weighted by molar-refractivity contribution is 0.0596. The Labute approximate surface area is 88.6 Å². The van der Waals surface area contributed by atoms with Gasteiger partial charge in [0, 0.05) is 4.47 Å². The minimum absolute atomic E-state index is 0.0301. The van der Waals surface area contributed by atoms with E-state index in [1.807, 2.05) is 0 Å². The topological polar surface area (TPSA) is 63.6 Å². The average molecular weight is 259 g/mol. The van der Waals surface area contributed by atoms with Crippen molar-refractivity contribution in [1.82, 2.24) is 0 Å². The van der Waals surface area contributed by atoms with E-state index in [0.29, 0.717) is 10.8 Å². The Kier molecular flexibility index (Phi) is 3.24. The van der Waals surface area contributed by atoms with Gasteiger partial charge >= 0.3 is 5.97 Å². The average Bonchev–Trinajstić information content (AvgIpc) is 2.19. The molecule has 0 saturated heterocycles. The van der Waals surface area contributed by atoms with E-state index in [2.05, 4.69) is 20.7 Å². The number of benzene rings is 1. The first-order valence-electron chi connectivity index (χ1n) is 3.66. The standard InChI is InChI=1S/C9H7BrO4/c1-14-9(13)8-5(4-11)7(12)3-2-6(8)10/h2-4,12H,1H3. The summed E-state index contributed by atoms with van der Waals surface area (Å²) in [6, 6.07) is 2.79. The first-order valence-corrected chi connectivity index (χ1v) is 4.46. The lowest BCUT2D eigenvalue weighted by Crippen LogP contribution is -2.06. The van der Waals surface area contributed by atoms with Crippen molar-refractivity contribution in [3.63, 3.8) is 0 Å². The van der Waals surface area contributed by atoms with Gasteiger partial charge in [-0.25, -0.2) is 4.79 Å². The minimum atomic E-state index is -0.671. The first kappa shape index (κ1) is 10.7. The van der Waals surface area contributed by atoms with Gasteiger partial charge in [0.05, 0.1) is 18.2 Å². The summed E-state index contributed by atoms with van der Waals surface area (Å²) in [5.41, 5.74) is -0.0475. The molecule has 0 amide bonds. The van der Waals surface area contributed by atoms with Gasteiger partial charge in [0.1, 0.15) is 5.75 Å². The monoisotopic (exact) mass is 258 g/mol. The normalized spacial score (nSPS) is 9.57. The van der Waals surface area contributed by atoms with E-state index in [4.69, 9.17) is 0 Å². The second-order valence-electron chi connectivity index (χ2n) is 2.46. The molecule has 0 radical (unpaired) electrons. The van der Waals surface area contributed by atoms with Crippen LogP contribution in [0.25, 0.3) is 0 Å². The van der Waals surface area contributed by atoms with E-state index < -0.39 is 5.97 Å². The number of halogens is 1. The number of hydrogen-bond acceptors (Lipinski definition) is 4. The van der Waals surface area contributed by atoms with Crippen LogP contribution in [0.2, 0.25) is 0 Å². The fourth-order valence-electron chi connectivity index (χ4n) is 1.01. The van der Waals surface area contributed by atoms with Crippen LogP contribution in [-0.4, -0.2) is 24.5 Å². The third-order valence-electron chi connectivity index (χ3n) is 1.68. The highest BCUT2D eigenvalue weighted by Gasteiger charge is 2.18. The lowest BCUT2D eigenvalue weighted by Gasteiger charge is -2.06. The quantitative estimate of drug-likeness (QED) is 0.649. The van der Waals surface area contributed by atoms with E-state index in [-0.39, 0.29) is 16.9 Å². The van der Waals surface area contributed by atoms with Crippen LogP contribution in [0.4, 0.5) is 0 Å². The summed E-state index contributed by atoms with van der Waals surface area (Å²) < 4.78 is 4.88. The number of hydrogen-bond donors (Lipinski definition) is 1. The van der Waals surface area contributed by atoms with E-state index in [0.717, 1.165) is 0 Å². The van der Waals surface area contributed by atoms with E-state index in [9.17, 15) is 14.7 Å². The Balaban J connectivity index is 3.44. The zero-order chi connectivity index (χ0) is 10.7. The molecule has 0 saturated carbocycles. The molecular weight excluding hydrogens is 252 g/mol. The molecule has 1 rings (SSSR count). The smallest absolute Gasteiger partial charge is 0.339 e. The molecule has 0 aliphatic heterocycles. The van der Waals surface area contributed by atoms with Gasteiger partial charge < -0.3 is 9.84 Å². The predicted molar refractivity (Wildman–Crippen MR) is 52.5 cm³/mol. The number of esters is 1. The molecule has 74 valence electrons. The molecule has 0 unspecified atom stereocenters. The van der Waals surface area contributed by atoms with Crippen LogP contribution in [0.15, 0.2) is 16.6 Å². The van der Waals surface area contributed by atoms with Gasteiger partial charge in [0.25, 0.3) is 0 Å². The molecule has 5 heteroatoms. The van der Waals surface area contributed by atoms with Crippen molar-refractivity contribution in [2.45, 2.75) is 0 Å². The molecule has 0 aliphatic rings. The van der Waals surface area contributed by atoms with Crippen molar-refractivity contribution in [1.29, 1.82) is 0 Å². The number of aromatic hydroxyl groups is 1. The van der Waals surface area contributed by atoms with Crippen molar-refractivity contribution in [2.75, 3.05) is 7.11 Å². The molecule has 0 aromatic heterocycles. The van der Waals surface area contributed by atoms with Gasteiger partial charge in [-0.2, -0.15) is 0 Å². The van der Waals surface area contributed by atoms with Crippen LogP contribution in [0, 0.1) is 0 Å². The van der Waals surface area contributed by atoms with Crippen LogP contribution in [0.3, 0.4) is 0 Å². The zero-order valence-corrected chi connectivity index (χ0v) is 8.87. The molecule has 0 spiro atoms. The van der Waals surface area contributed by atoms with Gasteiger partial charge in [0.2, 0.25) is 0 Å². The summed E-state index contributed by atoms with van der Waals surface area (Å²) in [6.45, 7) is 0. The Morgan fingerprint density at radius 2 is 2.21 bits per heavy atom. The number of carbonyl (C=O) groups is 2. The van der Waals surface area contributed by atoms with E-state index >= 15 is 0 Å². The highest BCUT2D eigenvalue weighted by Crippen LogP contribution is 2.27. The molecule has 4 nitrogen and oxygen atoms in total. The molecule has 1 aromatic carbocycles. The van der Waals surface area contributed by atoms with Crippen LogP contribution in [-0.2, 0) is 4.74 Å². The van der Waals surface area contributed by atoms with Crippen LogP contribution < -0.4 is 0 Å². The maximum Gasteiger partial charge on any atom is 0.339 e. The van der Waals surface area contributed by atoms with Crippen LogP contribution in [0.1, 0.15) is 20.7 Å². The van der Waals surface area contributed by atoms with Gasteiger partial charge in [-0.05, 0) is 28.1 Å². The van der Waals surface area contributed by atoms with Gasteiger partial charge in [-0.1, -0.05) is 0 Å². The van der Waals surface area contributed by atoms with Gasteiger partial charge in [0.15, 0.2) is 6.29 Å². The van der Waals surface area contributed by atoms with Crippen LogP contribution >= 0.6 is 15.9 Å². The molecule has 14 heavy (non-hydrogen) atoms.